The second-order valence-corrected chi connectivity index (χ2v) is 4.82. The van der Waals surface area contributed by atoms with E-state index >= 15 is 0 Å². The Bertz CT molecular complexity index is 386. The van der Waals surface area contributed by atoms with E-state index in [4.69, 9.17) is 14.9 Å². The predicted molar refractivity (Wildman–Crippen MR) is 56.9 cm³/mol. The van der Waals surface area contributed by atoms with Crippen molar-refractivity contribution in [1.82, 2.24) is 0 Å². The minimum atomic E-state index is -3.94. The van der Waals surface area contributed by atoms with Gasteiger partial charge in [-0.1, -0.05) is 12.2 Å². The fourth-order valence-electron chi connectivity index (χ4n) is 0.580. The lowest BCUT2D eigenvalue weighted by Crippen LogP contribution is -1.63. The Morgan fingerprint density at radius 2 is 1.67 bits per heavy atom. The number of benzene rings is 1. The Kier molecular flexibility index (Phi) is 5.93. The summed E-state index contributed by atoms with van der Waals surface area (Å²) in [7, 11) is 0. The molecule has 3 N–H and O–H groups in total. The number of phenols is 1. The van der Waals surface area contributed by atoms with Crippen molar-refractivity contribution in [2.45, 2.75) is 0 Å². The van der Waals surface area contributed by atoms with Crippen molar-refractivity contribution >= 4 is 30.8 Å². The summed E-state index contributed by atoms with van der Waals surface area (Å²) in [5.74, 6) is 0.157. The number of hydrogen-bond acceptors (Lipinski definition) is 4. The normalized spacial score (nSPS) is 9.53. The Balaban J connectivity index is 0.000000336. The molecule has 0 fully saturated rings. The second kappa shape index (κ2) is 6.40. The molecule has 1 rings (SSSR count). The van der Waals surface area contributed by atoms with Crippen molar-refractivity contribution in [3.05, 3.63) is 24.3 Å². The molecule has 6 nitrogen and oxygen atoms in total. The monoisotopic (exact) mass is 249 g/mol. The first-order valence-electron chi connectivity index (χ1n) is 3.48. The highest BCUT2D eigenvalue weighted by Crippen LogP contribution is 2.39. The van der Waals surface area contributed by atoms with Gasteiger partial charge in [-0.2, -0.15) is 4.99 Å². The molecule has 0 saturated carbocycles. The summed E-state index contributed by atoms with van der Waals surface area (Å²) in [6, 6.07) is 5.97. The van der Waals surface area contributed by atoms with Gasteiger partial charge < -0.3 is 14.9 Å². The second-order valence-electron chi connectivity index (χ2n) is 2.23. The number of aromatic hydroxyl groups is 1. The van der Waals surface area contributed by atoms with Gasteiger partial charge in [0.1, 0.15) is 5.75 Å². The minimum absolute atomic E-state index is 0.157. The van der Waals surface area contributed by atoms with Crippen LogP contribution in [0.5, 0.6) is 5.75 Å². The summed E-state index contributed by atoms with van der Waals surface area (Å²) in [6.07, 6.45) is 1.40. The molecule has 0 atom stereocenters. The van der Waals surface area contributed by atoms with Crippen molar-refractivity contribution in [2.24, 2.45) is 4.99 Å². The van der Waals surface area contributed by atoms with Crippen molar-refractivity contribution in [3.8, 4) is 5.75 Å². The van der Waals surface area contributed by atoms with Crippen molar-refractivity contribution in [1.29, 1.82) is 0 Å². The number of thiol groups is 1. The van der Waals surface area contributed by atoms with Crippen molar-refractivity contribution < 1.29 is 24.3 Å². The standard InChI is InChI=1S/C7H5NO2.H3O3PS/c9-5-8-6-1-3-7(10)4-2-6;1-4(2,3)5/h1-4,10H;(H3,1,2,3,5). The summed E-state index contributed by atoms with van der Waals surface area (Å²) in [5, 5.41) is 8.78. The lowest BCUT2D eigenvalue weighted by molar-refractivity contribution is 0.397. The lowest BCUT2D eigenvalue weighted by Gasteiger charge is -1.89. The van der Waals surface area contributed by atoms with Crippen LogP contribution in [0.3, 0.4) is 0 Å². The van der Waals surface area contributed by atoms with Crippen LogP contribution in [0.4, 0.5) is 5.69 Å². The number of carbonyl (C=O) groups excluding carboxylic acids is 1. The van der Waals surface area contributed by atoms with Gasteiger partial charge in [-0.25, -0.2) is 9.36 Å². The van der Waals surface area contributed by atoms with E-state index in [1.165, 1.54) is 30.3 Å². The van der Waals surface area contributed by atoms with Crippen molar-refractivity contribution in [3.63, 3.8) is 0 Å². The Hall–Kier alpha value is -1.10. The fourth-order valence-corrected chi connectivity index (χ4v) is 0.580. The summed E-state index contributed by atoms with van der Waals surface area (Å²) >= 11 is 2.79. The van der Waals surface area contributed by atoms with E-state index in [9.17, 15) is 9.36 Å². The number of isocyanates is 1. The van der Waals surface area contributed by atoms with Gasteiger partial charge in [-0.3, -0.25) is 0 Å². The van der Waals surface area contributed by atoms with Crippen LogP contribution in [0.1, 0.15) is 0 Å². The summed E-state index contributed by atoms with van der Waals surface area (Å²) in [4.78, 5) is 28.0. The number of aliphatic imine (C=N–C) groups is 1. The van der Waals surface area contributed by atoms with Gasteiger partial charge in [0.2, 0.25) is 6.08 Å². The van der Waals surface area contributed by atoms with E-state index in [0.717, 1.165) is 0 Å². The molecule has 1 aromatic rings. The number of phenolic OH excluding ortho intramolecular Hbond substituents is 1. The lowest BCUT2D eigenvalue weighted by atomic mass is 10.3. The molecule has 0 aromatic heterocycles. The molecule has 0 aliphatic heterocycles. The van der Waals surface area contributed by atoms with E-state index < -0.39 is 6.80 Å². The average Bonchev–Trinajstić information content (AvgIpc) is 2.06. The third-order valence-electron chi connectivity index (χ3n) is 1.02. The van der Waals surface area contributed by atoms with Gasteiger partial charge in [0.15, 0.2) is 0 Å². The van der Waals surface area contributed by atoms with Crippen LogP contribution in [0, 0.1) is 0 Å². The van der Waals surface area contributed by atoms with Crippen LogP contribution >= 0.6 is 19.0 Å². The van der Waals surface area contributed by atoms with E-state index in [1.54, 1.807) is 0 Å². The minimum Gasteiger partial charge on any atom is -0.508 e. The van der Waals surface area contributed by atoms with Crippen LogP contribution in [-0.4, -0.2) is 21.0 Å². The Morgan fingerprint density at radius 3 is 2.00 bits per heavy atom. The van der Waals surface area contributed by atoms with Gasteiger partial charge in [-0.05, 0) is 24.3 Å². The van der Waals surface area contributed by atoms with Gasteiger partial charge >= 0.3 is 6.80 Å². The maximum absolute atomic E-state index is 9.71. The zero-order valence-corrected chi connectivity index (χ0v) is 9.10. The van der Waals surface area contributed by atoms with E-state index in [-0.39, 0.29) is 5.75 Å². The quantitative estimate of drug-likeness (QED) is 0.260. The number of hydrogen-bond donors (Lipinski definition) is 4. The van der Waals surface area contributed by atoms with Crippen LogP contribution in [0.25, 0.3) is 0 Å². The molecular formula is C7H8NO5PS. The molecule has 0 aliphatic rings. The predicted octanol–water partition coefficient (Wildman–Crippen LogP) is 1.37. The number of nitrogens with zero attached hydrogens (tertiary/aromatic N) is 1. The van der Waals surface area contributed by atoms with Gasteiger partial charge in [0.25, 0.3) is 0 Å². The van der Waals surface area contributed by atoms with Gasteiger partial charge in [-0.15, -0.1) is 0 Å². The Labute approximate surface area is 90.6 Å². The Morgan fingerprint density at radius 1 is 1.27 bits per heavy atom. The molecule has 0 heterocycles. The summed E-state index contributed by atoms with van der Waals surface area (Å²) < 4.78 is 9.19. The smallest absolute Gasteiger partial charge is 0.380 e. The molecule has 0 spiro atoms. The zero-order chi connectivity index (χ0) is 11.9. The van der Waals surface area contributed by atoms with E-state index in [1.807, 2.05) is 0 Å². The van der Waals surface area contributed by atoms with Gasteiger partial charge in [0, 0.05) is 0 Å². The van der Waals surface area contributed by atoms with Gasteiger partial charge in [0.05, 0.1) is 5.69 Å². The third kappa shape index (κ3) is 10.8. The maximum atomic E-state index is 9.71. The maximum Gasteiger partial charge on any atom is 0.380 e. The highest BCUT2D eigenvalue weighted by Gasteiger charge is 1.97. The third-order valence-corrected chi connectivity index (χ3v) is 1.02. The van der Waals surface area contributed by atoms with E-state index in [0.29, 0.717) is 5.69 Å². The first-order valence-corrected chi connectivity index (χ1v) is 6.24. The summed E-state index contributed by atoms with van der Waals surface area (Å²) in [5.41, 5.74) is 0.493. The number of rotatable bonds is 1. The topological polar surface area (TPSA) is 107 Å². The molecule has 0 amide bonds. The highest BCUT2D eigenvalue weighted by atomic mass is 32.7. The largest absolute Gasteiger partial charge is 0.508 e. The summed E-state index contributed by atoms with van der Waals surface area (Å²) in [6.45, 7) is -3.94. The molecule has 8 heteroatoms. The van der Waals surface area contributed by atoms with Crippen LogP contribution in [0.15, 0.2) is 29.3 Å². The molecule has 0 bridgehead atoms. The van der Waals surface area contributed by atoms with Crippen LogP contribution in [-0.2, 0) is 9.36 Å². The first kappa shape index (κ1) is 13.9. The molecule has 15 heavy (non-hydrogen) atoms. The molecule has 0 unspecified atom stereocenters. The molecule has 0 radical (unpaired) electrons. The van der Waals surface area contributed by atoms with Crippen LogP contribution in [0.2, 0.25) is 0 Å². The van der Waals surface area contributed by atoms with E-state index in [2.05, 4.69) is 17.2 Å². The fraction of sp³-hybridized carbons (Fsp3) is 0. The highest BCUT2D eigenvalue weighted by molar-refractivity contribution is 8.43. The van der Waals surface area contributed by atoms with Crippen LogP contribution < -0.4 is 0 Å². The molecule has 0 aliphatic carbocycles. The molecule has 82 valence electrons. The zero-order valence-electron chi connectivity index (χ0n) is 7.31. The molecule has 1 aromatic carbocycles. The molecule has 0 saturated heterocycles. The molecular weight excluding hydrogens is 241 g/mol. The van der Waals surface area contributed by atoms with Crippen molar-refractivity contribution in [2.75, 3.05) is 0 Å². The SMILES string of the molecule is O=C=Nc1ccc(O)cc1.O=P(O)(O)S. The first-order chi connectivity index (χ1) is 6.83. The average molecular weight is 249 g/mol.